The molecule has 0 aromatic heterocycles. The topological polar surface area (TPSA) is 45.0 Å². The lowest BCUT2D eigenvalue weighted by atomic mass is 9.69. The normalized spacial score (nSPS) is 28.3. The van der Waals surface area contributed by atoms with Crippen LogP contribution in [0.2, 0.25) is 0 Å². The molecule has 3 heteroatoms. The van der Waals surface area contributed by atoms with Crippen molar-refractivity contribution in [2.75, 3.05) is 12.4 Å². The number of anilines is 1. The van der Waals surface area contributed by atoms with E-state index >= 15 is 0 Å². The smallest absolute Gasteiger partial charge is 0.143 e. The largest absolute Gasteiger partial charge is 0.495 e. The Balaban J connectivity index is 1.74. The summed E-state index contributed by atoms with van der Waals surface area (Å²) in [6.07, 6.45) is 9.42. The number of nitriles is 1. The zero-order valence-electron chi connectivity index (χ0n) is 12.8. The molecule has 3 rings (SSSR count). The van der Waals surface area contributed by atoms with E-state index in [1.54, 1.807) is 7.11 Å². The lowest BCUT2D eigenvalue weighted by Gasteiger charge is -2.40. The third-order valence-electron chi connectivity index (χ3n) is 5.25. The highest BCUT2D eigenvalue weighted by molar-refractivity contribution is 5.66. The van der Waals surface area contributed by atoms with Crippen molar-refractivity contribution >= 4 is 5.69 Å². The SMILES string of the molecule is COc1cccc(C#N)c1NC1CCC2CCCCC2C1. The first kappa shape index (κ1) is 14.3. The zero-order chi connectivity index (χ0) is 14.7. The van der Waals surface area contributed by atoms with E-state index in [-0.39, 0.29) is 0 Å². The van der Waals surface area contributed by atoms with Crippen molar-refractivity contribution in [2.24, 2.45) is 11.8 Å². The second-order valence-electron chi connectivity index (χ2n) is 6.45. The molecule has 1 aromatic rings. The number of hydrogen-bond donors (Lipinski definition) is 1. The Bertz CT molecular complexity index is 535. The molecule has 0 radical (unpaired) electrons. The maximum atomic E-state index is 9.31. The van der Waals surface area contributed by atoms with Crippen molar-refractivity contribution in [3.63, 3.8) is 0 Å². The highest BCUT2D eigenvalue weighted by Crippen LogP contribution is 2.42. The highest BCUT2D eigenvalue weighted by Gasteiger charge is 2.32. The van der Waals surface area contributed by atoms with E-state index in [0.29, 0.717) is 11.6 Å². The Morgan fingerprint density at radius 3 is 2.71 bits per heavy atom. The monoisotopic (exact) mass is 284 g/mol. The van der Waals surface area contributed by atoms with Gasteiger partial charge >= 0.3 is 0 Å². The molecule has 3 unspecified atom stereocenters. The molecule has 0 heterocycles. The van der Waals surface area contributed by atoms with Gasteiger partial charge in [-0.3, -0.25) is 0 Å². The summed E-state index contributed by atoms with van der Waals surface area (Å²) >= 11 is 0. The van der Waals surface area contributed by atoms with Crippen molar-refractivity contribution in [3.05, 3.63) is 23.8 Å². The van der Waals surface area contributed by atoms with Gasteiger partial charge in [0, 0.05) is 6.04 Å². The van der Waals surface area contributed by atoms with Crippen LogP contribution in [0.15, 0.2) is 18.2 Å². The molecular weight excluding hydrogens is 260 g/mol. The summed E-state index contributed by atoms with van der Waals surface area (Å²) < 4.78 is 5.42. The van der Waals surface area contributed by atoms with Crippen molar-refractivity contribution in [2.45, 2.75) is 51.0 Å². The van der Waals surface area contributed by atoms with E-state index in [2.05, 4.69) is 11.4 Å². The molecule has 2 aliphatic carbocycles. The maximum Gasteiger partial charge on any atom is 0.143 e. The van der Waals surface area contributed by atoms with Crippen LogP contribution in [0.4, 0.5) is 5.69 Å². The van der Waals surface area contributed by atoms with Gasteiger partial charge in [-0.15, -0.1) is 0 Å². The molecule has 3 nitrogen and oxygen atoms in total. The van der Waals surface area contributed by atoms with Crippen LogP contribution in [0.1, 0.15) is 50.5 Å². The summed E-state index contributed by atoms with van der Waals surface area (Å²) in [5.41, 5.74) is 1.56. The zero-order valence-corrected chi connectivity index (χ0v) is 12.8. The Morgan fingerprint density at radius 1 is 1.14 bits per heavy atom. The van der Waals surface area contributed by atoms with Crippen LogP contribution in [0, 0.1) is 23.2 Å². The lowest BCUT2D eigenvalue weighted by molar-refractivity contribution is 0.162. The fourth-order valence-corrected chi connectivity index (χ4v) is 4.15. The number of rotatable bonds is 3. The third-order valence-corrected chi connectivity index (χ3v) is 5.25. The summed E-state index contributed by atoms with van der Waals surface area (Å²) in [4.78, 5) is 0. The number of methoxy groups -OCH3 is 1. The van der Waals surface area contributed by atoms with E-state index in [0.717, 1.165) is 23.3 Å². The number of nitrogens with one attached hydrogen (secondary N) is 1. The van der Waals surface area contributed by atoms with Crippen LogP contribution < -0.4 is 10.1 Å². The van der Waals surface area contributed by atoms with Crippen molar-refractivity contribution in [3.8, 4) is 11.8 Å². The summed E-state index contributed by atoms with van der Waals surface area (Å²) in [6, 6.07) is 8.41. The Hall–Kier alpha value is -1.69. The Labute approximate surface area is 127 Å². The third kappa shape index (κ3) is 3.00. The Kier molecular flexibility index (Phi) is 4.34. The van der Waals surface area contributed by atoms with Gasteiger partial charge in [-0.25, -0.2) is 0 Å². The van der Waals surface area contributed by atoms with E-state index in [1.165, 1.54) is 44.9 Å². The average molecular weight is 284 g/mol. The van der Waals surface area contributed by atoms with Crippen LogP contribution in [-0.2, 0) is 0 Å². The molecular formula is C18H24N2O. The second kappa shape index (κ2) is 6.39. The highest BCUT2D eigenvalue weighted by atomic mass is 16.5. The van der Waals surface area contributed by atoms with E-state index in [1.807, 2.05) is 18.2 Å². The van der Waals surface area contributed by atoms with Crippen molar-refractivity contribution in [1.82, 2.24) is 0 Å². The molecule has 0 spiro atoms. The van der Waals surface area contributed by atoms with Gasteiger partial charge in [0.05, 0.1) is 18.4 Å². The Morgan fingerprint density at radius 2 is 1.95 bits per heavy atom. The summed E-state index contributed by atoms with van der Waals surface area (Å²) in [7, 11) is 1.67. The van der Waals surface area contributed by atoms with Gasteiger partial charge in [0.25, 0.3) is 0 Å². The van der Waals surface area contributed by atoms with Gasteiger partial charge in [0.15, 0.2) is 0 Å². The molecule has 0 saturated heterocycles. The van der Waals surface area contributed by atoms with Crippen LogP contribution in [0.5, 0.6) is 5.75 Å². The predicted octanol–water partition coefficient (Wildman–Crippen LogP) is 4.34. The fraction of sp³-hybridized carbons (Fsp3) is 0.611. The quantitative estimate of drug-likeness (QED) is 0.898. The molecule has 1 aromatic carbocycles. The first-order valence-electron chi connectivity index (χ1n) is 8.15. The van der Waals surface area contributed by atoms with E-state index < -0.39 is 0 Å². The van der Waals surface area contributed by atoms with E-state index in [9.17, 15) is 5.26 Å². The molecule has 0 amide bonds. The number of nitrogens with zero attached hydrogens (tertiary/aromatic N) is 1. The van der Waals surface area contributed by atoms with Crippen molar-refractivity contribution in [1.29, 1.82) is 5.26 Å². The first-order chi connectivity index (χ1) is 10.3. The number of hydrogen-bond acceptors (Lipinski definition) is 3. The van der Waals surface area contributed by atoms with Gasteiger partial charge in [0.2, 0.25) is 0 Å². The fourth-order valence-electron chi connectivity index (χ4n) is 4.15. The van der Waals surface area contributed by atoms with Crippen LogP contribution in [0.25, 0.3) is 0 Å². The van der Waals surface area contributed by atoms with E-state index in [4.69, 9.17) is 4.74 Å². The minimum absolute atomic E-state index is 0.479. The van der Waals surface area contributed by atoms with Gasteiger partial charge in [-0.2, -0.15) is 5.26 Å². The summed E-state index contributed by atoms with van der Waals surface area (Å²) in [6.45, 7) is 0. The lowest BCUT2D eigenvalue weighted by Crippen LogP contribution is -2.34. The minimum Gasteiger partial charge on any atom is -0.495 e. The molecule has 0 bridgehead atoms. The van der Waals surface area contributed by atoms with Gasteiger partial charge in [-0.1, -0.05) is 31.7 Å². The maximum absolute atomic E-state index is 9.31. The molecule has 112 valence electrons. The van der Waals surface area contributed by atoms with Gasteiger partial charge in [0.1, 0.15) is 11.8 Å². The number of para-hydroxylation sites is 1. The molecule has 1 N–H and O–H groups in total. The number of fused-ring (bicyclic) bond motifs is 1. The average Bonchev–Trinajstić information content (AvgIpc) is 2.55. The van der Waals surface area contributed by atoms with Gasteiger partial charge in [-0.05, 0) is 43.2 Å². The summed E-state index contributed by atoms with van der Waals surface area (Å²) in [5.74, 6) is 2.61. The van der Waals surface area contributed by atoms with Crippen LogP contribution in [-0.4, -0.2) is 13.2 Å². The molecule has 21 heavy (non-hydrogen) atoms. The number of benzene rings is 1. The van der Waals surface area contributed by atoms with Crippen LogP contribution >= 0.6 is 0 Å². The summed E-state index contributed by atoms with van der Waals surface area (Å²) in [5, 5.41) is 12.9. The molecule has 0 aliphatic heterocycles. The van der Waals surface area contributed by atoms with Crippen LogP contribution in [0.3, 0.4) is 0 Å². The molecule has 2 saturated carbocycles. The standard InChI is InChI=1S/C18H24N2O/c1-21-17-8-4-7-15(12-19)18(17)20-16-10-9-13-5-2-3-6-14(13)11-16/h4,7-8,13-14,16,20H,2-3,5-6,9-11H2,1H3. The number of ether oxygens (including phenoxy) is 1. The molecule has 2 aliphatic rings. The molecule has 2 fully saturated rings. The first-order valence-corrected chi connectivity index (χ1v) is 8.15. The second-order valence-corrected chi connectivity index (χ2v) is 6.45. The predicted molar refractivity (Wildman–Crippen MR) is 84.4 cm³/mol. The van der Waals surface area contributed by atoms with Gasteiger partial charge < -0.3 is 10.1 Å². The minimum atomic E-state index is 0.479. The van der Waals surface area contributed by atoms with Crippen molar-refractivity contribution < 1.29 is 4.74 Å². The molecule has 3 atom stereocenters.